The normalized spacial score (nSPS) is 11.0. The fourth-order valence-electron chi connectivity index (χ4n) is 1.64. The highest BCUT2D eigenvalue weighted by Gasteiger charge is 2.13. The van der Waals surface area contributed by atoms with E-state index in [1.54, 1.807) is 24.3 Å². The number of nitrogens with one attached hydrogen (secondary N) is 3. The second kappa shape index (κ2) is 6.91. The number of benzene rings is 2. The van der Waals surface area contributed by atoms with Gasteiger partial charge in [0.1, 0.15) is 0 Å². The summed E-state index contributed by atoms with van der Waals surface area (Å²) >= 11 is 3.30. The number of rotatable bonds is 5. The Morgan fingerprint density at radius 1 is 0.955 bits per heavy atom. The number of carbonyl (C=O) groups is 1. The van der Waals surface area contributed by atoms with Crippen molar-refractivity contribution in [3.63, 3.8) is 0 Å². The van der Waals surface area contributed by atoms with Crippen molar-refractivity contribution in [1.29, 1.82) is 0 Å². The van der Waals surface area contributed by atoms with Gasteiger partial charge in [0.05, 0.1) is 4.90 Å². The van der Waals surface area contributed by atoms with E-state index in [9.17, 15) is 13.2 Å². The molecule has 2 aromatic carbocycles. The second-order valence-corrected chi connectivity index (χ2v) is 7.04. The fraction of sp³-hybridized carbons (Fsp3) is 0.0714. The maximum Gasteiger partial charge on any atom is 0.257 e. The van der Waals surface area contributed by atoms with Crippen LogP contribution in [-0.2, 0) is 14.8 Å². The summed E-state index contributed by atoms with van der Waals surface area (Å²) in [6.45, 7) is 1.38. The van der Waals surface area contributed by atoms with Gasteiger partial charge in [-0.25, -0.2) is 8.42 Å². The molecule has 0 spiro atoms. The molecular formula is C14H14BrN3O3S. The van der Waals surface area contributed by atoms with Gasteiger partial charge in [0.25, 0.3) is 10.0 Å². The number of carbonyl (C=O) groups excluding carboxylic acids is 1. The lowest BCUT2D eigenvalue weighted by molar-refractivity contribution is -0.114. The highest BCUT2D eigenvalue weighted by atomic mass is 79.9. The highest BCUT2D eigenvalue weighted by Crippen LogP contribution is 2.16. The zero-order chi connectivity index (χ0) is 16.2. The third-order valence-corrected chi connectivity index (χ3v) is 4.45. The maximum absolute atomic E-state index is 12.1. The van der Waals surface area contributed by atoms with Gasteiger partial charge < -0.3 is 10.7 Å². The maximum atomic E-state index is 12.1. The summed E-state index contributed by atoms with van der Waals surface area (Å²) in [5.41, 5.74) is 3.78. The molecule has 0 radical (unpaired) electrons. The summed E-state index contributed by atoms with van der Waals surface area (Å²) in [7, 11) is -3.70. The molecule has 0 aliphatic rings. The number of sulfonamides is 1. The Kier molecular flexibility index (Phi) is 5.17. The van der Waals surface area contributed by atoms with Crippen molar-refractivity contribution in [2.75, 3.05) is 10.7 Å². The summed E-state index contributed by atoms with van der Waals surface area (Å²) in [6.07, 6.45) is 0. The van der Waals surface area contributed by atoms with E-state index < -0.39 is 10.0 Å². The summed E-state index contributed by atoms with van der Waals surface area (Å²) in [6, 6.07) is 12.9. The van der Waals surface area contributed by atoms with Crippen LogP contribution in [-0.4, -0.2) is 14.3 Å². The average molecular weight is 384 g/mol. The number of amides is 1. The van der Waals surface area contributed by atoms with Crippen molar-refractivity contribution in [3.8, 4) is 0 Å². The van der Waals surface area contributed by atoms with E-state index in [-0.39, 0.29) is 10.8 Å². The third-order valence-electron chi connectivity index (χ3n) is 2.66. The van der Waals surface area contributed by atoms with Crippen LogP contribution in [0.25, 0.3) is 0 Å². The fourth-order valence-corrected chi connectivity index (χ4v) is 2.77. The van der Waals surface area contributed by atoms with Gasteiger partial charge in [-0.15, -0.1) is 4.83 Å². The Bertz CT molecular complexity index is 759. The minimum absolute atomic E-state index is 0.0891. The van der Waals surface area contributed by atoms with Crippen molar-refractivity contribution < 1.29 is 13.2 Å². The molecule has 0 bridgehead atoms. The summed E-state index contributed by atoms with van der Waals surface area (Å²) in [4.78, 5) is 13.3. The number of halogens is 1. The molecule has 0 saturated carbocycles. The Morgan fingerprint density at radius 3 is 2.05 bits per heavy atom. The molecule has 1 amide bonds. The predicted molar refractivity (Wildman–Crippen MR) is 88.8 cm³/mol. The molecule has 6 nitrogen and oxygen atoms in total. The molecule has 0 aliphatic carbocycles. The molecular weight excluding hydrogens is 370 g/mol. The van der Waals surface area contributed by atoms with Crippen molar-refractivity contribution in [2.24, 2.45) is 0 Å². The number of hydrogen-bond donors (Lipinski definition) is 3. The quantitative estimate of drug-likeness (QED) is 0.692. The van der Waals surface area contributed by atoms with Gasteiger partial charge in [-0.05, 0) is 48.5 Å². The van der Waals surface area contributed by atoms with E-state index >= 15 is 0 Å². The van der Waals surface area contributed by atoms with Crippen LogP contribution in [0.2, 0.25) is 0 Å². The monoisotopic (exact) mass is 383 g/mol. The van der Waals surface area contributed by atoms with Gasteiger partial charge >= 0.3 is 0 Å². The van der Waals surface area contributed by atoms with Gasteiger partial charge in [-0.3, -0.25) is 4.79 Å². The van der Waals surface area contributed by atoms with Gasteiger partial charge in [0.15, 0.2) is 0 Å². The van der Waals surface area contributed by atoms with Gasteiger partial charge in [-0.2, -0.15) is 0 Å². The number of anilines is 2. The first-order valence-corrected chi connectivity index (χ1v) is 8.55. The molecule has 0 unspecified atom stereocenters. The van der Waals surface area contributed by atoms with Crippen LogP contribution in [0.3, 0.4) is 0 Å². The van der Waals surface area contributed by atoms with Crippen molar-refractivity contribution in [3.05, 3.63) is 53.0 Å². The second-order valence-electron chi connectivity index (χ2n) is 4.44. The molecule has 116 valence electrons. The zero-order valence-corrected chi connectivity index (χ0v) is 14.0. The van der Waals surface area contributed by atoms with E-state index in [0.29, 0.717) is 11.4 Å². The van der Waals surface area contributed by atoms with Crippen LogP contribution in [0, 0.1) is 0 Å². The lowest BCUT2D eigenvalue weighted by Gasteiger charge is -2.10. The minimum Gasteiger partial charge on any atom is -0.326 e. The van der Waals surface area contributed by atoms with Gasteiger partial charge in [-0.1, -0.05) is 15.9 Å². The predicted octanol–water partition coefficient (Wildman–Crippen LogP) is 2.71. The Balaban J connectivity index is 2.06. The number of hydrogen-bond acceptors (Lipinski definition) is 4. The Morgan fingerprint density at radius 2 is 1.50 bits per heavy atom. The number of hydrazine groups is 1. The van der Waals surface area contributed by atoms with Crippen LogP contribution in [0.4, 0.5) is 11.4 Å². The highest BCUT2D eigenvalue weighted by molar-refractivity contribution is 9.10. The molecule has 0 aromatic heterocycles. The van der Waals surface area contributed by atoms with Crippen molar-refractivity contribution in [1.82, 2.24) is 4.83 Å². The Hall–Kier alpha value is -1.90. The lowest BCUT2D eigenvalue weighted by Crippen LogP contribution is -2.29. The topological polar surface area (TPSA) is 87.3 Å². The molecule has 22 heavy (non-hydrogen) atoms. The molecule has 0 heterocycles. The largest absolute Gasteiger partial charge is 0.326 e. The summed E-state index contributed by atoms with van der Waals surface area (Å²) < 4.78 is 25.2. The van der Waals surface area contributed by atoms with Gasteiger partial charge in [0, 0.05) is 22.8 Å². The smallest absolute Gasteiger partial charge is 0.257 e. The SMILES string of the molecule is CC(=O)Nc1ccc(S(=O)(=O)NNc2ccc(Br)cc2)cc1. The minimum atomic E-state index is -3.70. The molecule has 0 atom stereocenters. The van der Waals surface area contributed by atoms with Crippen LogP contribution >= 0.6 is 15.9 Å². The first kappa shape index (κ1) is 16.5. The molecule has 2 rings (SSSR count). The molecule has 0 fully saturated rings. The zero-order valence-electron chi connectivity index (χ0n) is 11.6. The van der Waals surface area contributed by atoms with Crippen molar-refractivity contribution >= 4 is 43.2 Å². The van der Waals surface area contributed by atoms with E-state index in [4.69, 9.17) is 0 Å². The molecule has 0 aliphatic heterocycles. The van der Waals surface area contributed by atoms with E-state index in [1.807, 2.05) is 0 Å². The standard InChI is InChI=1S/C14H14BrN3O3S/c1-10(19)16-12-6-8-14(9-7-12)22(20,21)18-17-13-4-2-11(15)3-5-13/h2-9,17-18H,1H3,(H,16,19). The van der Waals surface area contributed by atoms with E-state index in [1.165, 1.54) is 31.2 Å². The van der Waals surface area contributed by atoms with E-state index in [0.717, 1.165) is 4.47 Å². The lowest BCUT2D eigenvalue weighted by atomic mass is 10.3. The first-order valence-electron chi connectivity index (χ1n) is 6.28. The average Bonchev–Trinajstić information content (AvgIpc) is 2.47. The molecule has 0 saturated heterocycles. The van der Waals surface area contributed by atoms with Crippen LogP contribution in [0.15, 0.2) is 57.9 Å². The van der Waals surface area contributed by atoms with Gasteiger partial charge in [0.2, 0.25) is 5.91 Å². The van der Waals surface area contributed by atoms with Crippen LogP contribution in [0.5, 0.6) is 0 Å². The van der Waals surface area contributed by atoms with Crippen LogP contribution in [0.1, 0.15) is 6.92 Å². The van der Waals surface area contributed by atoms with E-state index in [2.05, 4.69) is 31.5 Å². The summed E-state index contributed by atoms with van der Waals surface area (Å²) in [5.74, 6) is -0.217. The molecule has 2 aromatic rings. The Labute approximate surface area is 137 Å². The third kappa shape index (κ3) is 4.55. The van der Waals surface area contributed by atoms with Crippen LogP contribution < -0.4 is 15.6 Å². The van der Waals surface area contributed by atoms with Crippen molar-refractivity contribution in [2.45, 2.75) is 11.8 Å². The first-order chi connectivity index (χ1) is 10.4. The molecule has 8 heteroatoms. The summed E-state index contributed by atoms with van der Waals surface area (Å²) in [5, 5.41) is 2.57. The molecule has 3 N–H and O–H groups in total.